The van der Waals surface area contributed by atoms with Crippen LogP contribution in [0.25, 0.3) is 10.9 Å². The van der Waals surface area contributed by atoms with Gasteiger partial charge in [0.25, 0.3) is 0 Å². The molecule has 0 radical (unpaired) electrons. The minimum absolute atomic E-state index is 0.407. The maximum Gasteiger partial charge on any atom is 0.0953 e. The molecule has 20 heavy (non-hydrogen) atoms. The third-order valence-electron chi connectivity index (χ3n) is 3.86. The maximum atomic E-state index is 5.98. The van der Waals surface area contributed by atoms with Crippen molar-refractivity contribution in [2.45, 2.75) is 31.8 Å². The Morgan fingerprint density at radius 2 is 2.25 bits per heavy atom. The van der Waals surface area contributed by atoms with Crippen LogP contribution < -0.4 is 11.1 Å². The first-order valence-electron chi connectivity index (χ1n) is 7.33. The molecule has 3 N–H and O–H groups in total. The zero-order valence-corrected chi connectivity index (χ0v) is 11.6. The van der Waals surface area contributed by atoms with E-state index in [-0.39, 0.29) is 0 Å². The van der Waals surface area contributed by atoms with E-state index in [1.54, 1.807) is 6.20 Å². The molecule has 2 heterocycles. The van der Waals surface area contributed by atoms with Crippen molar-refractivity contribution in [2.24, 2.45) is 0 Å². The van der Waals surface area contributed by atoms with Gasteiger partial charge >= 0.3 is 0 Å². The summed E-state index contributed by atoms with van der Waals surface area (Å²) in [6.45, 7) is 1.82. The standard InChI is InChI=1S/C16H21N3O/c17-14-6-7-15(16-13(14)5-3-9-19-16)18-10-8-12-4-1-2-11-20-12/h3,5-7,9,12,18H,1-2,4,8,10-11,17H2. The van der Waals surface area contributed by atoms with Crippen LogP contribution in [0.2, 0.25) is 0 Å². The lowest BCUT2D eigenvalue weighted by molar-refractivity contribution is 0.0134. The van der Waals surface area contributed by atoms with Gasteiger partial charge < -0.3 is 15.8 Å². The monoisotopic (exact) mass is 271 g/mol. The summed E-state index contributed by atoms with van der Waals surface area (Å²) >= 11 is 0. The minimum atomic E-state index is 0.407. The molecule has 0 saturated carbocycles. The first kappa shape index (κ1) is 13.2. The van der Waals surface area contributed by atoms with Gasteiger partial charge in [-0.15, -0.1) is 0 Å². The molecule has 1 aromatic carbocycles. The molecule has 1 fully saturated rings. The van der Waals surface area contributed by atoms with Crippen molar-refractivity contribution in [3.05, 3.63) is 30.5 Å². The summed E-state index contributed by atoms with van der Waals surface area (Å²) in [5, 5.41) is 4.47. The first-order chi connectivity index (χ1) is 9.84. The molecule has 1 unspecified atom stereocenters. The van der Waals surface area contributed by atoms with Gasteiger partial charge in [0.1, 0.15) is 0 Å². The highest BCUT2D eigenvalue weighted by atomic mass is 16.5. The molecule has 1 atom stereocenters. The van der Waals surface area contributed by atoms with Gasteiger partial charge in [-0.2, -0.15) is 0 Å². The molecule has 1 saturated heterocycles. The van der Waals surface area contributed by atoms with E-state index in [1.165, 1.54) is 19.3 Å². The number of benzene rings is 1. The largest absolute Gasteiger partial charge is 0.398 e. The Labute approximate surface area is 119 Å². The molecule has 106 valence electrons. The highest BCUT2D eigenvalue weighted by molar-refractivity contribution is 5.98. The van der Waals surface area contributed by atoms with Gasteiger partial charge in [-0.25, -0.2) is 0 Å². The van der Waals surface area contributed by atoms with E-state index in [2.05, 4.69) is 10.3 Å². The summed E-state index contributed by atoms with van der Waals surface area (Å²) < 4.78 is 5.75. The average molecular weight is 271 g/mol. The molecule has 0 aliphatic carbocycles. The maximum absolute atomic E-state index is 5.98. The van der Waals surface area contributed by atoms with Gasteiger partial charge in [0.2, 0.25) is 0 Å². The number of nitrogens with two attached hydrogens (primary N) is 1. The fraction of sp³-hybridized carbons (Fsp3) is 0.438. The quantitative estimate of drug-likeness (QED) is 0.838. The summed E-state index contributed by atoms with van der Waals surface area (Å²) in [5.74, 6) is 0. The molecule has 2 aromatic rings. The second-order valence-electron chi connectivity index (χ2n) is 5.31. The van der Waals surface area contributed by atoms with E-state index < -0.39 is 0 Å². The fourth-order valence-corrected chi connectivity index (χ4v) is 2.74. The van der Waals surface area contributed by atoms with E-state index in [0.717, 1.165) is 41.9 Å². The van der Waals surface area contributed by atoms with Crippen LogP contribution in [0.5, 0.6) is 0 Å². The molecular formula is C16H21N3O. The number of aromatic nitrogens is 1. The number of anilines is 2. The summed E-state index contributed by atoms with van der Waals surface area (Å²) in [6, 6.07) is 7.86. The van der Waals surface area contributed by atoms with Crippen molar-refractivity contribution in [3.8, 4) is 0 Å². The van der Waals surface area contributed by atoms with Crippen molar-refractivity contribution in [1.82, 2.24) is 4.98 Å². The first-order valence-corrected chi connectivity index (χ1v) is 7.33. The summed E-state index contributed by atoms with van der Waals surface area (Å²) in [7, 11) is 0. The lowest BCUT2D eigenvalue weighted by Crippen LogP contribution is -2.22. The Balaban J connectivity index is 1.67. The zero-order chi connectivity index (χ0) is 13.8. The van der Waals surface area contributed by atoms with Crippen LogP contribution >= 0.6 is 0 Å². The molecular weight excluding hydrogens is 250 g/mol. The summed E-state index contributed by atoms with van der Waals surface area (Å²) in [5.41, 5.74) is 8.74. The molecule has 0 bridgehead atoms. The van der Waals surface area contributed by atoms with Crippen molar-refractivity contribution in [1.29, 1.82) is 0 Å². The van der Waals surface area contributed by atoms with Crippen LogP contribution in [0.3, 0.4) is 0 Å². The predicted octanol–water partition coefficient (Wildman–Crippen LogP) is 3.19. The van der Waals surface area contributed by atoms with Crippen LogP contribution in [0.1, 0.15) is 25.7 Å². The minimum Gasteiger partial charge on any atom is -0.398 e. The molecule has 1 aliphatic heterocycles. The van der Waals surface area contributed by atoms with E-state index >= 15 is 0 Å². The van der Waals surface area contributed by atoms with E-state index in [1.807, 2.05) is 24.3 Å². The van der Waals surface area contributed by atoms with Gasteiger partial charge in [-0.1, -0.05) is 0 Å². The summed E-state index contributed by atoms with van der Waals surface area (Å²) in [4.78, 5) is 4.43. The molecule has 0 amide bonds. The Morgan fingerprint density at radius 1 is 1.30 bits per heavy atom. The lowest BCUT2D eigenvalue weighted by Gasteiger charge is -2.22. The van der Waals surface area contributed by atoms with Crippen molar-refractivity contribution in [2.75, 3.05) is 24.2 Å². The van der Waals surface area contributed by atoms with Gasteiger partial charge in [0, 0.05) is 30.4 Å². The second kappa shape index (κ2) is 6.09. The Kier molecular flexibility index (Phi) is 4.02. The second-order valence-corrected chi connectivity index (χ2v) is 5.31. The topological polar surface area (TPSA) is 60.2 Å². The number of rotatable bonds is 4. The molecule has 4 heteroatoms. The van der Waals surface area contributed by atoms with E-state index in [0.29, 0.717) is 6.10 Å². The normalized spacial score (nSPS) is 19.1. The lowest BCUT2D eigenvalue weighted by atomic mass is 10.1. The zero-order valence-electron chi connectivity index (χ0n) is 11.6. The van der Waals surface area contributed by atoms with Crippen molar-refractivity contribution in [3.63, 3.8) is 0 Å². The van der Waals surface area contributed by atoms with Crippen LogP contribution in [0, 0.1) is 0 Å². The number of nitrogens with one attached hydrogen (secondary N) is 1. The SMILES string of the molecule is Nc1ccc(NCCC2CCCCO2)c2ncccc12. The van der Waals surface area contributed by atoms with E-state index in [4.69, 9.17) is 10.5 Å². The van der Waals surface area contributed by atoms with Crippen molar-refractivity contribution < 1.29 is 4.74 Å². The molecule has 0 spiro atoms. The average Bonchev–Trinajstić information content (AvgIpc) is 2.51. The van der Waals surface area contributed by atoms with Crippen LogP contribution in [0.4, 0.5) is 11.4 Å². The fourth-order valence-electron chi connectivity index (χ4n) is 2.74. The van der Waals surface area contributed by atoms with E-state index in [9.17, 15) is 0 Å². The van der Waals surface area contributed by atoms with Crippen molar-refractivity contribution >= 4 is 22.3 Å². The number of fused-ring (bicyclic) bond motifs is 1. The number of hydrogen-bond donors (Lipinski definition) is 2. The smallest absolute Gasteiger partial charge is 0.0953 e. The highest BCUT2D eigenvalue weighted by Gasteiger charge is 2.13. The molecule has 3 rings (SSSR count). The Morgan fingerprint density at radius 3 is 3.10 bits per heavy atom. The van der Waals surface area contributed by atoms with Gasteiger partial charge in [-0.05, 0) is 49.9 Å². The molecule has 1 aromatic heterocycles. The molecule has 1 aliphatic rings. The van der Waals surface area contributed by atoms with Crippen LogP contribution in [-0.2, 0) is 4.74 Å². The Bertz CT molecular complexity index is 579. The number of nitrogens with zero attached hydrogens (tertiary/aromatic N) is 1. The number of hydrogen-bond acceptors (Lipinski definition) is 4. The number of nitrogen functional groups attached to an aromatic ring is 1. The van der Waals surface area contributed by atoms with Crippen LogP contribution in [0.15, 0.2) is 30.5 Å². The van der Waals surface area contributed by atoms with Gasteiger partial charge in [-0.3, -0.25) is 4.98 Å². The van der Waals surface area contributed by atoms with Crippen LogP contribution in [-0.4, -0.2) is 24.2 Å². The van der Waals surface area contributed by atoms with Gasteiger partial charge in [0.05, 0.1) is 17.3 Å². The number of pyridine rings is 1. The third-order valence-corrected chi connectivity index (χ3v) is 3.86. The molecule has 4 nitrogen and oxygen atoms in total. The van der Waals surface area contributed by atoms with Gasteiger partial charge in [0.15, 0.2) is 0 Å². The Hall–Kier alpha value is -1.81. The number of ether oxygens (including phenoxy) is 1. The highest BCUT2D eigenvalue weighted by Crippen LogP contribution is 2.26. The summed E-state index contributed by atoms with van der Waals surface area (Å²) in [6.07, 6.45) is 6.93. The predicted molar refractivity (Wildman–Crippen MR) is 82.9 cm³/mol. The third kappa shape index (κ3) is 2.85.